The zero-order chi connectivity index (χ0) is 19.4. The number of aryl methyl sites for hydroxylation is 1. The first kappa shape index (κ1) is 18.4. The molecule has 4 N–H and O–H groups in total. The third-order valence-electron chi connectivity index (χ3n) is 4.54. The van der Waals surface area contributed by atoms with Gasteiger partial charge in [0, 0.05) is 18.2 Å². The van der Waals surface area contributed by atoms with Crippen molar-refractivity contribution in [1.29, 1.82) is 0 Å². The largest absolute Gasteiger partial charge is 0.478 e. The molecule has 0 radical (unpaired) electrons. The Kier molecular flexibility index (Phi) is 5.35. The molecule has 6 heteroatoms. The van der Waals surface area contributed by atoms with Crippen LogP contribution in [-0.4, -0.2) is 27.6 Å². The van der Waals surface area contributed by atoms with E-state index in [2.05, 4.69) is 35.2 Å². The van der Waals surface area contributed by atoms with Gasteiger partial charge in [-0.1, -0.05) is 30.3 Å². The third-order valence-corrected chi connectivity index (χ3v) is 4.54. The molecule has 3 rings (SSSR count). The standard InChI is InChI=1S/C21H22N4O2/c1-13-4-3-5-17(14(13)2)18-12-19(25-21(22)24-18)23-11-10-15-6-8-16(9-7-15)20(26)27/h3-9,12H,10-11H2,1-2H3,(H,26,27)(H3,22,23,24,25). The smallest absolute Gasteiger partial charge is 0.335 e. The molecule has 2 aromatic carbocycles. The zero-order valence-electron chi connectivity index (χ0n) is 15.4. The lowest BCUT2D eigenvalue weighted by Gasteiger charge is -2.11. The Morgan fingerprint density at radius 2 is 1.85 bits per heavy atom. The molecule has 27 heavy (non-hydrogen) atoms. The van der Waals surface area contributed by atoms with Gasteiger partial charge in [-0.25, -0.2) is 9.78 Å². The molecule has 3 aromatic rings. The van der Waals surface area contributed by atoms with Crippen LogP contribution in [0.3, 0.4) is 0 Å². The minimum Gasteiger partial charge on any atom is -0.478 e. The van der Waals surface area contributed by atoms with Gasteiger partial charge in [0.25, 0.3) is 0 Å². The lowest BCUT2D eigenvalue weighted by molar-refractivity contribution is 0.0697. The molecule has 0 spiro atoms. The number of nitrogens with zero attached hydrogens (tertiary/aromatic N) is 2. The molecule has 0 unspecified atom stereocenters. The highest BCUT2D eigenvalue weighted by atomic mass is 16.4. The SMILES string of the molecule is Cc1cccc(-c2cc(NCCc3ccc(C(=O)O)cc3)nc(N)n2)c1C. The van der Waals surface area contributed by atoms with Crippen LogP contribution >= 0.6 is 0 Å². The highest BCUT2D eigenvalue weighted by molar-refractivity contribution is 5.87. The quantitative estimate of drug-likeness (QED) is 0.618. The fourth-order valence-corrected chi connectivity index (χ4v) is 2.87. The Morgan fingerprint density at radius 3 is 2.56 bits per heavy atom. The second kappa shape index (κ2) is 7.86. The minimum absolute atomic E-state index is 0.224. The van der Waals surface area contributed by atoms with Gasteiger partial charge in [0.15, 0.2) is 0 Å². The fourth-order valence-electron chi connectivity index (χ4n) is 2.87. The first-order valence-corrected chi connectivity index (χ1v) is 8.71. The average molecular weight is 362 g/mol. The van der Waals surface area contributed by atoms with Crippen molar-refractivity contribution in [3.63, 3.8) is 0 Å². The predicted molar refractivity (Wildman–Crippen MR) is 107 cm³/mol. The normalized spacial score (nSPS) is 10.6. The summed E-state index contributed by atoms with van der Waals surface area (Å²) in [5.74, 6) is -0.0302. The van der Waals surface area contributed by atoms with Crippen molar-refractivity contribution in [2.75, 3.05) is 17.6 Å². The van der Waals surface area contributed by atoms with Crippen molar-refractivity contribution in [2.45, 2.75) is 20.3 Å². The number of anilines is 2. The molecular formula is C21H22N4O2. The van der Waals surface area contributed by atoms with Crippen molar-refractivity contribution in [1.82, 2.24) is 9.97 Å². The summed E-state index contributed by atoms with van der Waals surface area (Å²) in [4.78, 5) is 19.5. The molecule has 0 saturated heterocycles. The van der Waals surface area contributed by atoms with Gasteiger partial charge in [0.2, 0.25) is 5.95 Å². The summed E-state index contributed by atoms with van der Waals surface area (Å²) >= 11 is 0. The van der Waals surface area contributed by atoms with Crippen LogP contribution in [0.4, 0.5) is 11.8 Å². The lowest BCUT2D eigenvalue weighted by atomic mass is 10.0. The number of aromatic nitrogens is 2. The van der Waals surface area contributed by atoms with E-state index in [1.807, 2.05) is 30.3 Å². The molecule has 138 valence electrons. The van der Waals surface area contributed by atoms with E-state index in [1.54, 1.807) is 12.1 Å². The molecular weight excluding hydrogens is 340 g/mol. The highest BCUT2D eigenvalue weighted by Gasteiger charge is 2.09. The van der Waals surface area contributed by atoms with Gasteiger partial charge in [0.05, 0.1) is 11.3 Å². The number of aromatic carboxylic acids is 1. The van der Waals surface area contributed by atoms with E-state index in [0.717, 1.165) is 23.2 Å². The van der Waals surface area contributed by atoms with Crippen LogP contribution in [0, 0.1) is 13.8 Å². The van der Waals surface area contributed by atoms with Crippen LogP contribution in [0.25, 0.3) is 11.3 Å². The van der Waals surface area contributed by atoms with Gasteiger partial charge in [-0.05, 0) is 49.1 Å². The molecule has 0 aliphatic rings. The van der Waals surface area contributed by atoms with E-state index in [1.165, 1.54) is 11.1 Å². The summed E-state index contributed by atoms with van der Waals surface area (Å²) in [6.07, 6.45) is 0.739. The summed E-state index contributed by atoms with van der Waals surface area (Å²) in [7, 11) is 0. The molecule has 0 atom stereocenters. The first-order valence-electron chi connectivity index (χ1n) is 8.71. The maximum Gasteiger partial charge on any atom is 0.335 e. The molecule has 0 amide bonds. The number of carboxylic acids is 1. The van der Waals surface area contributed by atoms with Crippen molar-refractivity contribution in [3.05, 3.63) is 70.8 Å². The summed E-state index contributed by atoms with van der Waals surface area (Å²) in [5.41, 5.74) is 11.4. The number of hydrogen-bond donors (Lipinski definition) is 3. The van der Waals surface area contributed by atoms with Gasteiger partial charge < -0.3 is 16.2 Å². The van der Waals surface area contributed by atoms with Crippen molar-refractivity contribution in [3.8, 4) is 11.3 Å². The van der Waals surface area contributed by atoms with Crippen LogP contribution in [0.15, 0.2) is 48.5 Å². The lowest BCUT2D eigenvalue weighted by Crippen LogP contribution is -2.09. The number of hydrogen-bond acceptors (Lipinski definition) is 5. The molecule has 0 bridgehead atoms. The number of nitrogens with two attached hydrogens (primary N) is 1. The minimum atomic E-state index is -0.921. The van der Waals surface area contributed by atoms with E-state index >= 15 is 0 Å². The Morgan fingerprint density at radius 1 is 1.11 bits per heavy atom. The van der Waals surface area contributed by atoms with E-state index < -0.39 is 5.97 Å². The maximum atomic E-state index is 10.9. The Balaban J connectivity index is 1.71. The summed E-state index contributed by atoms with van der Waals surface area (Å²) < 4.78 is 0. The van der Waals surface area contributed by atoms with Crippen LogP contribution in [0.2, 0.25) is 0 Å². The van der Waals surface area contributed by atoms with Crippen molar-refractivity contribution < 1.29 is 9.90 Å². The number of nitrogens with one attached hydrogen (secondary N) is 1. The Hall–Kier alpha value is -3.41. The average Bonchev–Trinajstić information content (AvgIpc) is 2.64. The Bertz CT molecular complexity index is 968. The van der Waals surface area contributed by atoms with Crippen LogP contribution in [0.1, 0.15) is 27.0 Å². The maximum absolute atomic E-state index is 10.9. The molecule has 6 nitrogen and oxygen atoms in total. The van der Waals surface area contributed by atoms with E-state index in [9.17, 15) is 4.79 Å². The molecule has 0 fully saturated rings. The predicted octanol–water partition coefficient (Wildman–Crippen LogP) is 3.70. The molecule has 1 aromatic heterocycles. The molecule has 0 saturated carbocycles. The number of nitrogen functional groups attached to an aromatic ring is 1. The summed E-state index contributed by atoms with van der Waals surface area (Å²) in [6.45, 7) is 4.78. The van der Waals surface area contributed by atoms with Gasteiger partial charge >= 0.3 is 5.97 Å². The van der Waals surface area contributed by atoms with Crippen LogP contribution < -0.4 is 11.1 Å². The van der Waals surface area contributed by atoms with Crippen LogP contribution in [0.5, 0.6) is 0 Å². The third kappa shape index (κ3) is 4.41. The topological polar surface area (TPSA) is 101 Å². The van der Waals surface area contributed by atoms with E-state index in [0.29, 0.717) is 12.4 Å². The summed E-state index contributed by atoms with van der Waals surface area (Å²) in [6, 6.07) is 14.9. The van der Waals surface area contributed by atoms with Crippen molar-refractivity contribution >= 4 is 17.7 Å². The second-order valence-electron chi connectivity index (χ2n) is 6.42. The van der Waals surface area contributed by atoms with Crippen LogP contribution in [-0.2, 0) is 6.42 Å². The number of benzene rings is 2. The molecule has 0 aliphatic carbocycles. The van der Waals surface area contributed by atoms with E-state index in [-0.39, 0.29) is 11.5 Å². The Labute approximate surface area is 158 Å². The van der Waals surface area contributed by atoms with Gasteiger partial charge in [-0.15, -0.1) is 0 Å². The summed E-state index contributed by atoms with van der Waals surface area (Å²) in [5, 5.41) is 12.2. The zero-order valence-corrected chi connectivity index (χ0v) is 15.4. The van der Waals surface area contributed by atoms with Crippen molar-refractivity contribution in [2.24, 2.45) is 0 Å². The number of carbonyl (C=O) groups is 1. The van der Waals surface area contributed by atoms with E-state index in [4.69, 9.17) is 10.8 Å². The number of rotatable bonds is 6. The molecule has 0 aliphatic heterocycles. The monoisotopic (exact) mass is 362 g/mol. The van der Waals surface area contributed by atoms with Gasteiger partial charge in [-0.3, -0.25) is 0 Å². The first-order chi connectivity index (χ1) is 12.9. The highest BCUT2D eigenvalue weighted by Crippen LogP contribution is 2.26. The molecule has 1 heterocycles. The second-order valence-corrected chi connectivity index (χ2v) is 6.42. The number of carboxylic acid groups (broad SMARTS) is 1. The fraction of sp³-hybridized carbons (Fsp3) is 0.190. The van der Waals surface area contributed by atoms with Gasteiger partial charge in [-0.2, -0.15) is 4.98 Å². The van der Waals surface area contributed by atoms with Gasteiger partial charge in [0.1, 0.15) is 5.82 Å².